The quantitative estimate of drug-likeness (QED) is 0.808. The molecule has 1 aromatic carbocycles. The molecule has 0 amide bonds. The molecule has 0 atom stereocenters. The van der Waals surface area contributed by atoms with E-state index in [2.05, 4.69) is 5.10 Å². The summed E-state index contributed by atoms with van der Waals surface area (Å²) in [6.07, 6.45) is -5.18. The summed E-state index contributed by atoms with van der Waals surface area (Å²) in [4.78, 5) is 0. The highest BCUT2D eigenvalue weighted by atomic mass is 19.4. The third kappa shape index (κ3) is 2.38. The summed E-state index contributed by atoms with van der Waals surface area (Å²) >= 11 is 0. The number of nitrogens with zero attached hydrogens (tertiary/aromatic N) is 3. The smallest absolute Gasteiger partial charge is 0.263 e. The van der Waals surface area contributed by atoms with Gasteiger partial charge in [-0.2, -0.15) is 23.5 Å². The number of para-hydroxylation sites is 1. The first kappa shape index (κ1) is 11.5. The molecule has 0 unspecified atom stereocenters. The predicted molar refractivity (Wildman–Crippen MR) is 55.1 cm³/mol. The van der Waals surface area contributed by atoms with Crippen LogP contribution in [0.3, 0.4) is 0 Å². The number of nitriles is 1. The molecule has 0 spiro atoms. The average Bonchev–Trinajstić information content (AvgIpc) is 2.64. The highest BCUT2D eigenvalue weighted by Crippen LogP contribution is 2.23. The Morgan fingerprint density at radius 3 is 2.65 bits per heavy atom. The van der Waals surface area contributed by atoms with Crippen LogP contribution in [0.4, 0.5) is 13.2 Å². The third-order valence-corrected chi connectivity index (χ3v) is 2.37. The van der Waals surface area contributed by atoms with Gasteiger partial charge in [-0.15, -0.1) is 0 Å². The molecular weight excluding hydrogens is 231 g/mol. The molecule has 0 bridgehead atoms. The lowest BCUT2D eigenvalue weighted by molar-refractivity contribution is -0.137. The van der Waals surface area contributed by atoms with Crippen LogP contribution < -0.4 is 0 Å². The summed E-state index contributed by atoms with van der Waals surface area (Å²) in [5, 5.41) is 13.3. The van der Waals surface area contributed by atoms with Crippen molar-refractivity contribution in [3.8, 4) is 6.07 Å². The normalized spacial score (nSPS) is 11.6. The van der Waals surface area contributed by atoms with Crippen LogP contribution >= 0.6 is 0 Å². The maximum Gasteiger partial charge on any atom is 0.390 e. The van der Waals surface area contributed by atoms with Gasteiger partial charge in [0, 0.05) is 5.39 Å². The van der Waals surface area contributed by atoms with Crippen molar-refractivity contribution < 1.29 is 13.2 Å². The average molecular weight is 239 g/mol. The van der Waals surface area contributed by atoms with Crippen LogP contribution in [-0.2, 0) is 6.54 Å². The van der Waals surface area contributed by atoms with Crippen molar-refractivity contribution in [3.05, 3.63) is 30.0 Å². The second-order valence-corrected chi connectivity index (χ2v) is 3.57. The first-order chi connectivity index (χ1) is 8.01. The SMILES string of the molecule is N#Cc1nn(CCC(F)(F)F)c2ccccc12. The van der Waals surface area contributed by atoms with E-state index in [-0.39, 0.29) is 12.2 Å². The van der Waals surface area contributed by atoms with E-state index in [1.165, 1.54) is 4.68 Å². The number of rotatable bonds is 2. The molecule has 1 heterocycles. The molecule has 2 aromatic rings. The van der Waals surface area contributed by atoms with E-state index in [0.29, 0.717) is 10.9 Å². The van der Waals surface area contributed by atoms with E-state index in [1.54, 1.807) is 24.3 Å². The molecule has 2 rings (SSSR count). The lowest BCUT2D eigenvalue weighted by Gasteiger charge is -2.06. The molecule has 17 heavy (non-hydrogen) atoms. The second-order valence-electron chi connectivity index (χ2n) is 3.57. The number of alkyl halides is 3. The van der Waals surface area contributed by atoms with Gasteiger partial charge in [0.1, 0.15) is 6.07 Å². The molecule has 0 aliphatic carbocycles. The lowest BCUT2D eigenvalue weighted by Crippen LogP contribution is -2.13. The summed E-state index contributed by atoms with van der Waals surface area (Å²) in [6.45, 7) is -0.272. The number of fused-ring (bicyclic) bond motifs is 1. The van der Waals surface area contributed by atoms with Gasteiger partial charge in [-0.3, -0.25) is 4.68 Å². The number of hydrogen-bond donors (Lipinski definition) is 0. The van der Waals surface area contributed by atoms with Crippen molar-refractivity contribution >= 4 is 10.9 Å². The molecule has 0 fully saturated rings. The molecule has 0 radical (unpaired) electrons. The molecule has 0 saturated carbocycles. The summed E-state index contributed by atoms with van der Waals surface area (Å²) < 4.78 is 37.6. The van der Waals surface area contributed by atoms with Crippen LogP contribution in [-0.4, -0.2) is 16.0 Å². The molecule has 3 nitrogen and oxygen atoms in total. The number of aryl methyl sites for hydroxylation is 1. The zero-order chi connectivity index (χ0) is 12.5. The Labute approximate surface area is 95.1 Å². The molecule has 0 aliphatic rings. The van der Waals surface area contributed by atoms with Gasteiger partial charge in [0.15, 0.2) is 5.69 Å². The Balaban J connectivity index is 2.38. The van der Waals surface area contributed by atoms with E-state index in [1.807, 2.05) is 6.07 Å². The fraction of sp³-hybridized carbons (Fsp3) is 0.273. The van der Waals surface area contributed by atoms with E-state index >= 15 is 0 Å². The predicted octanol–water partition coefficient (Wildman–Crippen LogP) is 2.86. The standard InChI is InChI=1S/C11H8F3N3/c12-11(13,14)5-6-17-10-4-2-1-3-8(10)9(7-15)16-17/h1-4H,5-6H2. The summed E-state index contributed by atoms with van der Waals surface area (Å²) in [6, 6.07) is 8.62. The van der Waals surface area contributed by atoms with Crippen LogP contribution in [0, 0.1) is 11.3 Å². The van der Waals surface area contributed by atoms with Crippen molar-refractivity contribution in [2.45, 2.75) is 19.1 Å². The van der Waals surface area contributed by atoms with E-state index < -0.39 is 12.6 Å². The van der Waals surface area contributed by atoms with Crippen LogP contribution in [0.15, 0.2) is 24.3 Å². The molecular formula is C11H8F3N3. The second kappa shape index (κ2) is 4.09. The van der Waals surface area contributed by atoms with Crippen molar-refractivity contribution in [3.63, 3.8) is 0 Å². The Bertz CT molecular complexity index is 578. The van der Waals surface area contributed by atoms with Crippen molar-refractivity contribution in [2.75, 3.05) is 0 Å². The number of aromatic nitrogens is 2. The summed E-state index contributed by atoms with van der Waals surface area (Å²) in [7, 11) is 0. The third-order valence-electron chi connectivity index (χ3n) is 2.37. The Morgan fingerprint density at radius 2 is 2.00 bits per heavy atom. The van der Waals surface area contributed by atoms with Gasteiger partial charge in [-0.05, 0) is 12.1 Å². The largest absolute Gasteiger partial charge is 0.390 e. The lowest BCUT2D eigenvalue weighted by atomic mass is 10.2. The van der Waals surface area contributed by atoms with Gasteiger partial charge in [-0.25, -0.2) is 0 Å². The fourth-order valence-electron chi connectivity index (χ4n) is 1.61. The molecule has 0 saturated heterocycles. The minimum Gasteiger partial charge on any atom is -0.263 e. The number of hydrogen-bond acceptors (Lipinski definition) is 2. The Kier molecular flexibility index (Phi) is 2.76. The maximum atomic E-state index is 12.1. The van der Waals surface area contributed by atoms with Crippen LogP contribution in [0.25, 0.3) is 10.9 Å². The first-order valence-electron chi connectivity index (χ1n) is 4.93. The van der Waals surface area contributed by atoms with Crippen molar-refractivity contribution in [2.24, 2.45) is 0 Å². The molecule has 88 valence electrons. The molecule has 0 aliphatic heterocycles. The molecule has 0 N–H and O–H groups in total. The molecule has 1 aromatic heterocycles. The highest BCUT2D eigenvalue weighted by Gasteiger charge is 2.27. The van der Waals surface area contributed by atoms with Crippen molar-refractivity contribution in [1.29, 1.82) is 5.26 Å². The van der Waals surface area contributed by atoms with Crippen LogP contribution in [0.5, 0.6) is 0 Å². The van der Waals surface area contributed by atoms with Gasteiger partial charge in [0.05, 0.1) is 18.5 Å². The van der Waals surface area contributed by atoms with E-state index in [4.69, 9.17) is 5.26 Å². The van der Waals surface area contributed by atoms with E-state index in [9.17, 15) is 13.2 Å². The van der Waals surface area contributed by atoms with Gasteiger partial charge >= 0.3 is 6.18 Å². The van der Waals surface area contributed by atoms with Crippen molar-refractivity contribution in [1.82, 2.24) is 9.78 Å². The van der Waals surface area contributed by atoms with Gasteiger partial charge < -0.3 is 0 Å². The Morgan fingerprint density at radius 1 is 1.29 bits per heavy atom. The highest BCUT2D eigenvalue weighted by molar-refractivity contribution is 5.84. The maximum absolute atomic E-state index is 12.1. The van der Waals surface area contributed by atoms with Gasteiger partial charge in [-0.1, -0.05) is 12.1 Å². The van der Waals surface area contributed by atoms with E-state index in [0.717, 1.165) is 0 Å². The summed E-state index contributed by atoms with van der Waals surface area (Å²) in [5.41, 5.74) is 0.705. The van der Waals surface area contributed by atoms with Gasteiger partial charge in [0.2, 0.25) is 0 Å². The molecule has 6 heteroatoms. The monoisotopic (exact) mass is 239 g/mol. The van der Waals surface area contributed by atoms with Crippen LogP contribution in [0.2, 0.25) is 0 Å². The minimum atomic E-state index is -4.22. The van der Waals surface area contributed by atoms with Gasteiger partial charge in [0.25, 0.3) is 0 Å². The minimum absolute atomic E-state index is 0.155. The Hall–Kier alpha value is -2.03. The number of benzene rings is 1. The first-order valence-corrected chi connectivity index (χ1v) is 4.93. The topological polar surface area (TPSA) is 41.6 Å². The zero-order valence-corrected chi connectivity index (χ0v) is 8.70. The number of halogens is 3. The van der Waals surface area contributed by atoms with Crippen LogP contribution in [0.1, 0.15) is 12.1 Å². The zero-order valence-electron chi connectivity index (χ0n) is 8.70. The fourth-order valence-corrected chi connectivity index (χ4v) is 1.61. The summed E-state index contributed by atoms with van der Waals surface area (Å²) in [5.74, 6) is 0.